The van der Waals surface area contributed by atoms with Crippen LogP contribution in [0.4, 0.5) is 0 Å². The zero-order chi connectivity index (χ0) is 14.8. The molecule has 0 spiro atoms. The third-order valence-corrected chi connectivity index (χ3v) is 4.27. The summed E-state index contributed by atoms with van der Waals surface area (Å²) in [4.78, 5) is 14.5. The number of para-hydroxylation sites is 1. The van der Waals surface area contributed by atoms with Crippen LogP contribution in [0.5, 0.6) is 5.75 Å². The van der Waals surface area contributed by atoms with Gasteiger partial charge >= 0.3 is 0 Å². The van der Waals surface area contributed by atoms with E-state index in [1.807, 2.05) is 36.1 Å². The highest BCUT2D eigenvalue weighted by atomic mass is 16.5. The molecule has 2 fully saturated rings. The molecular weight excluding hydrogens is 268 g/mol. The lowest BCUT2D eigenvalue weighted by Gasteiger charge is -2.35. The average molecular weight is 290 g/mol. The number of nitrogens with zero attached hydrogens (tertiary/aromatic N) is 1. The van der Waals surface area contributed by atoms with Gasteiger partial charge in [-0.05, 0) is 25.8 Å². The van der Waals surface area contributed by atoms with Crippen LogP contribution >= 0.6 is 0 Å². The number of benzene rings is 1. The minimum absolute atomic E-state index is 0.138. The number of carbonyl (C=O) groups excluding carboxylic acids is 1. The first-order valence-corrected chi connectivity index (χ1v) is 7.51. The number of rotatable bonds is 3. The normalized spacial score (nSPS) is 29.7. The molecule has 1 amide bonds. The van der Waals surface area contributed by atoms with Crippen LogP contribution in [0.1, 0.15) is 31.5 Å². The predicted octanol–water partition coefficient (Wildman–Crippen LogP) is 1.69. The van der Waals surface area contributed by atoms with Gasteiger partial charge in [0.1, 0.15) is 11.9 Å². The first-order valence-electron chi connectivity index (χ1n) is 7.51. The van der Waals surface area contributed by atoms with Gasteiger partial charge in [-0.25, -0.2) is 0 Å². The Morgan fingerprint density at radius 2 is 2.19 bits per heavy atom. The van der Waals surface area contributed by atoms with Crippen LogP contribution in [0.2, 0.25) is 0 Å². The van der Waals surface area contributed by atoms with Crippen molar-refractivity contribution < 1.29 is 14.3 Å². The van der Waals surface area contributed by atoms with Gasteiger partial charge in [0.2, 0.25) is 5.91 Å². The van der Waals surface area contributed by atoms with Crippen LogP contribution < -0.4 is 10.1 Å². The molecule has 1 aromatic carbocycles. The molecular formula is C16H22N2O3. The summed E-state index contributed by atoms with van der Waals surface area (Å²) in [6.45, 7) is 3.32. The zero-order valence-corrected chi connectivity index (χ0v) is 12.5. The topological polar surface area (TPSA) is 50.8 Å². The largest absolute Gasteiger partial charge is 0.496 e. The van der Waals surface area contributed by atoms with Crippen molar-refractivity contribution in [1.29, 1.82) is 0 Å². The monoisotopic (exact) mass is 290 g/mol. The molecule has 1 N–H and O–H groups in total. The molecule has 3 rings (SSSR count). The van der Waals surface area contributed by atoms with Crippen LogP contribution in [-0.4, -0.2) is 43.2 Å². The fraction of sp³-hybridized carbons (Fsp3) is 0.562. The fourth-order valence-corrected chi connectivity index (χ4v) is 3.21. The van der Waals surface area contributed by atoms with Crippen LogP contribution in [0, 0.1) is 0 Å². The summed E-state index contributed by atoms with van der Waals surface area (Å²) in [6.07, 6.45) is 1.85. The van der Waals surface area contributed by atoms with Crippen molar-refractivity contribution in [3.05, 3.63) is 29.8 Å². The SMILES string of the molecule is COc1ccccc1C1NC(C)C(=O)N1C1CCCOC1. The molecule has 2 aliphatic heterocycles. The van der Waals surface area contributed by atoms with E-state index < -0.39 is 0 Å². The molecule has 5 nitrogen and oxygen atoms in total. The van der Waals surface area contributed by atoms with E-state index in [-0.39, 0.29) is 24.2 Å². The Bertz CT molecular complexity index is 514. The van der Waals surface area contributed by atoms with Crippen molar-refractivity contribution in [2.24, 2.45) is 0 Å². The van der Waals surface area contributed by atoms with Crippen molar-refractivity contribution in [3.63, 3.8) is 0 Å². The molecule has 2 aliphatic rings. The molecule has 5 heteroatoms. The fourth-order valence-electron chi connectivity index (χ4n) is 3.21. The van der Waals surface area contributed by atoms with Crippen LogP contribution in [-0.2, 0) is 9.53 Å². The Morgan fingerprint density at radius 3 is 2.90 bits per heavy atom. The number of hydrogen-bond donors (Lipinski definition) is 1. The van der Waals surface area contributed by atoms with Gasteiger partial charge in [-0.3, -0.25) is 10.1 Å². The summed E-state index contributed by atoms with van der Waals surface area (Å²) in [6, 6.07) is 7.82. The lowest BCUT2D eigenvalue weighted by molar-refractivity contribution is -0.135. The maximum absolute atomic E-state index is 12.6. The van der Waals surface area contributed by atoms with E-state index in [0.29, 0.717) is 6.61 Å². The summed E-state index contributed by atoms with van der Waals surface area (Å²) in [5, 5.41) is 3.38. The van der Waals surface area contributed by atoms with Crippen molar-refractivity contribution in [3.8, 4) is 5.75 Å². The number of carbonyl (C=O) groups is 1. The van der Waals surface area contributed by atoms with E-state index >= 15 is 0 Å². The van der Waals surface area contributed by atoms with Crippen molar-refractivity contribution in [2.75, 3.05) is 20.3 Å². The third kappa shape index (κ3) is 2.63. The summed E-state index contributed by atoms with van der Waals surface area (Å²) in [5.74, 6) is 0.944. The van der Waals surface area contributed by atoms with E-state index in [0.717, 1.165) is 30.8 Å². The van der Waals surface area contributed by atoms with Gasteiger partial charge in [-0.2, -0.15) is 0 Å². The van der Waals surface area contributed by atoms with Crippen LogP contribution in [0.25, 0.3) is 0 Å². The van der Waals surface area contributed by atoms with E-state index in [1.165, 1.54) is 0 Å². The molecule has 0 radical (unpaired) electrons. The van der Waals surface area contributed by atoms with Crippen LogP contribution in [0.15, 0.2) is 24.3 Å². The number of nitrogens with one attached hydrogen (secondary N) is 1. The van der Waals surface area contributed by atoms with Gasteiger partial charge in [0.25, 0.3) is 0 Å². The highest BCUT2D eigenvalue weighted by Gasteiger charge is 2.42. The van der Waals surface area contributed by atoms with E-state index in [9.17, 15) is 4.79 Å². The van der Waals surface area contributed by atoms with Crippen molar-refractivity contribution >= 4 is 5.91 Å². The Morgan fingerprint density at radius 1 is 1.38 bits per heavy atom. The third-order valence-electron chi connectivity index (χ3n) is 4.27. The van der Waals surface area contributed by atoms with Crippen molar-refractivity contribution in [2.45, 2.75) is 38.0 Å². The second kappa shape index (κ2) is 6.03. The van der Waals surface area contributed by atoms with Crippen molar-refractivity contribution in [1.82, 2.24) is 10.2 Å². The maximum atomic E-state index is 12.6. The van der Waals surface area contributed by atoms with Gasteiger partial charge in [0.05, 0.1) is 25.8 Å². The summed E-state index contributed by atoms with van der Waals surface area (Å²) >= 11 is 0. The Labute approximate surface area is 125 Å². The summed E-state index contributed by atoms with van der Waals surface area (Å²) in [5.41, 5.74) is 1.00. The molecule has 3 unspecified atom stereocenters. The molecule has 0 bridgehead atoms. The molecule has 0 aliphatic carbocycles. The minimum atomic E-state index is -0.179. The lowest BCUT2D eigenvalue weighted by atomic mass is 10.1. The van der Waals surface area contributed by atoms with E-state index in [4.69, 9.17) is 9.47 Å². The minimum Gasteiger partial charge on any atom is -0.496 e. The van der Waals surface area contributed by atoms with Crippen LogP contribution in [0.3, 0.4) is 0 Å². The molecule has 2 heterocycles. The van der Waals surface area contributed by atoms with Gasteiger partial charge in [0.15, 0.2) is 0 Å². The Kier molecular flexibility index (Phi) is 4.12. The molecule has 0 saturated carbocycles. The molecule has 1 aromatic rings. The Hall–Kier alpha value is -1.59. The van der Waals surface area contributed by atoms with Gasteiger partial charge in [0, 0.05) is 12.2 Å². The quantitative estimate of drug-likeness (QED) is 0.920. The number of ether oxygens (including phenoxy) is 2. The second-order valence-corrected chi connectivity index (χ2v) is 5.65. The first-order chi connectivity index (χ1) is 10.2. The molecule has 3 atom stereocenters. The average Bonchev–Trinajstić information content (AvgIpc) is 2.83. The van der Waals surface area contributed by atoms with E-state index in [1.54, 1.807) is 7.11 Å². The van der Waals surface area contributed by atoms with Gasteiger partial charge in [-0.1, -0.05) is 18.2 Å². The molecule has 0 aromatic heterocycles. The molecule has 2 saturated heterocycles. The smallest absolute Gasteiger partial charge is 0.241 e. The van der Waals surface area contributed by atoms with Gasteiger partial charge < -0.3 is 14.4 Å². The summed E-state index contributed by atoms with van der Waals surface area (Å²) in [7, 11) is 1.66. The number of methoxy groups -OCH3 is 1. The zero-order valence-electron chi connectivity index (χ0n) is 12.5. The highest BCUT2D eigenvalue weighted by molar-refractivity contribution is 5.84. The van der Waals surface area contributed by atoms with Gasteiger partial charge in [-0.15, -0.1) is 0 Å². The lowest BCUT2D eigenvalue weighted by Crippen LogP contribution is -2.44. The second-order valence-electron chi connectivity index (χ2n) is 5.65. The molecule has 114 valence electrons. The number of amides is 1. The Balaban J connectivity index is 1.93. The maximum Gasteiger partial charge on any atom is 0.241 e. The standard InChI is InChI=1S/C16H22N2O3/c1-11-16(19)18(12-6-5-9-21-10-12)15(17-11)13-7-3-4-8-14(13)20-2/h3-4,7-8,11-12,15,17H,5-6,9-10H2,1-2H3. The summed E-state index contributed by atoms with van der Waals surface area (Å²) < 4.78 is 11.0. The first kappa shape index (κ1) is 14.4. The van der Waals surface area contributed by atoms with E-state index in [2.05, 4.69) is 5.32 Å². The molecule has 21 heavy (non-hydrogen) atoms. The predicted molar refractivity (Wildman–Crippen MR) is 79.0 cm³/mol. The number of hydrogen-bond acceptors (Lipinski definition) is 4. The highest BCUT2D eigenvalue weighted by Crippen LogP contribution is 2.34.